The minimum Gasteiger partial charge on any atom is -0.332 e. The lowest BCUT2D eigenvalue weighted by molar-refractivity contribution is 0.251. The minimum absolute atomic E-state index is 0.293. The van der Waals surface area contributed by atoms with Crippen molar-refractivity contribution in [3.8, 4) is 0 Å². The van der Waals surface area contributed by atoms with Crippen LogP contribution in [0.25, 0.3) is 10.2 Å². The molecule has 3 rings (SSSR count). The van der Waals surface area contributed by atoms with E-state index in [0.717, 1.165) is 20.4 Å². The van der Waals surface area contributed by atoms with Crippen LogP contribution in [0.1, 0.15) is 5.69 Å². The number of thiazole rings is 1. The molecule has 7 heteroatoms. The molecule has 0 saturated carbocycles. The lowest BCUT2D eigenvalue weighted by atomic mass is 10.3. The van der Waals surface area contributed by atoms with Crippen molar-refractivity contribution in [2.45, 2.75) is 6.54 Å². The predicted molar refractivity (Wildman–Crippen MR) is 87.4 cm³/mol. The molecule has 0 aliphatic carbocycles. The number of carbonyl (C=O) groups excluding carboxylic acids is 1. The molecule has 0 saturated heterocycles. The number of nitrogens with zero attached hydrogens (tertiary/aromatic N) is 2. The zero-order valence-electron chi connectivity index (χ0n) is 10.8. The van der Waals surface area contributed by atoms with Gasteiger partial charge in [0.25, 0.3) is 0 Å². The van der Waals surface area contributed by atoms with E-state index in [9.17, 15) is 4.79 Å². The number of amides is 2. The van der Waals surface area contributed by atoms with Crippen LogP contribution >= 0.6 is 27.3 Å². The number of pyridine rings is 1. The molecule has 21 heavy (non-hydrogen) atoms. The van der Waals surface area contributed by atoms with Gasteiger partial charge in [-0.2, -0.15) is 0 Å². The van der Waals surface area contributed by atoms with Crippen molar-refractivity contribution in [2.75, 3.05) is 5.32 Å². The fourth-order valence-corrected chi connectivity index (χ4v) is 3.18. The first-order valence-electron chi connectivity index (χ1n) is 6.21. The Balaban J connectivity index is 1.63. The van der Waals surface area contributed by atoms with Crippen LogP contribution in [0, 0.1) is 0 Å². The Morgan fingerprint density at radius 2 is 2.19 bits per heavy atom. The summed E-state index contributed by atoms with van der Waals surface area (Å²) in [5, 5.41) is 6.05. The van der Waals surface area contributed by atoms with Crippen molar-refractivity contribution in [1.82, 2.24) is 15.3 Å². The van der Waals surface area contributed by atoms with Gasteiger partial charge in [-0.1, -0.05) is 33.3 Å². The van der Waals surface area contributed by atoms with E-state index >= 15 is 0 Å². The molecular weight excluding hydrogens is 352 g/mol. The molecule has 0 radical (unpaired) electrons. The van der Waals surface area contributed by atoms with Gasteiger partial charge in [0.15, 0.2) is 5.13 Å². The molecule has 0 unspecified atom stereocenters. The van der Waals surface area contributed by atoms with E-state index in [0.29, 0.717) is 11.7 Å². The highest BCUT2D eigenvalue weighted by atomic mass is 79.9. The molecule has 106 valence electrons. The topological polar surface area (TPSA) is 66.9 Å². The second kappa shape index (κ2) is 6.19. The van der Waals surface area contributed by atoms with Crippen LogP contribution in [0.2, 0.25) is 0 Å². The number of nitrogens with one attached hydrogen (secondary N) is 2. The van der Waals surface area contributed by atoms with Gasteiger partial charge in [-0.05, 0) is 30.3 Å². The van der Waals surface area contributed by atoms with E-state index in [1.54, 1.807) is 6.20 Å². The number of carbonyl (C=O) groups is 1. The van der Waals surface area contributed by atoms with E-state index in [2.05, 4.69) is 36.5 Å². The number of benzene rings is 1. The van der Waals surface area contributed by atoms with Crippen LogP contribution in [-0.4, -0.2) is 16.0 Å². The maximum Gasteiger partial charge on any atom is 0.321 e. The van der Waals surface area contributed by atoms with E-state index in [1.807, 2.05) is 36.4 Å². The number of rotatable bonds is 3. The first-order chi connectivity index (χ1) is 10.2. The summed E-state index contributed by atoms with van der Waals surface area (Å²) in [5.74, 6) is 0. The molecule has 0 spiro atoms. The zero-order chi connectivity index (χ0) is 14.7. The third kappa shape index (κ3) is 3.56. The molecule has 2 aromatic heterocycles. The molecule has 0 aliphatic rings. The number of anilines is 1. The standard InChI is InChI=1S/C14H11BrN4OS/c15-9-4-5-11-12(7-9)21-14(18-11)19-13(20)17-8-10-3-1-2-6-16-10/h1-7H,8H2,(H2,17,18,19,20). The van der Waals surface area contributed by atoms with Gasteiger partial charge < -0.3 is 5.32 Å². The van der Waals surface area contributed by atoms with Crippen LogP contribution in [0.4, 0.5) is 9.93 Å². The molecule has 0 fully saturated rings. The second-order valence-electron chi connectivity index (χ2n) is 4.26. The van der Waals surface area contributed by atoms with Crippen molar-refractivity contribution in [3.05, 3.63) is 52.8 Å². The van der Waals surface area contributed by atoms with Crippen LogP contribution in [0.3, 0.4) is 0 Å². The van der Waals surface area contributed by atoms with Crippen molar-refractivity contribution in [3.63, 3.8) is 0 Å². The van der Waals surface area contributed by atoms with Crippen molar-refractivity contribution >= 4 is 48.6 Å². The van der Waals surface area contributed by atoms with E-state index in [-0.39, 0.29) is 6.03 Å². The highest BCUT2D eigenvalue weighted by molar-refractivity contribution is 9.10. The molecule has 2 N–H and O–H groups in total. The average molecular weight is 363 g/mol. The number of urea groups is 1. The summed E-state index contributed by atoms with van der Waals surface area (Å²) in [4.78, 5) is 20.3. The van der Waals surface area contributed by atoms with Crippen LogP contribution in [0.15, 0.2) is 47.1 Å². The normalized spacial score (nSPS) is 10.5. The smallest absolute Gasteiger partial charge is 0.321 e. The van der Waals surface area contributed by atoms with Gasteiger partial charge >= 0.3 is 6.03 Å². The summed E-state index contributed by atoms with van der Waals surface area (Å²) in [6.45, 7) is 0.378. The van der Waals surface area contributed by atoms with Crippen LogP contribution in [-0.2, 0) is 6.54 Å². The quantitative estimate of drug-likeness (QED) is 0.744. The largest absolute Gasteiger partial charge is 0.332 e. The highest BCUT2D eigenvalue weighted by Crippen LogP contribution is 2.28. The third-order valence-electron chi connectivity index (χ3n) is 2.73. The molecule has 0 aliphatic heterocycles. The van der Waals surface area contributed by atoms with Crippen molar-refractivity contribution in [2.24, 2.45) is 0 Å². The van der Waals surface area contributed by atoms with Gasteiger partial charge in [-0.25, -0.2) is 9.78 Å². The highest BCUT2D eigenvalue weighted by Gasteiger charge is 2.07. The Labute approximate surface area is 133 Å². The molecule has 1 aromatic carbocycles. The molecule has 5 nitrogen and oxygen atoms in total. The fraction of sp³-hybridized carbons (Fsp3) is 0.0714. The summed E-state index contributed by atoms with van der Waals surface area (Å²) in [6.07, 6.45) is 1.69. The first-order valence-corrected chi connectivity index (χ1v) is 7.82. The Kier molecular flexibility index (Phi) is 4.12. The Bertz CT molecular complexity index is 775. The van der Waals surface area contributed by atoms with Gasteiger partial charge in [0.2, 0.25) is 0 Å². The summed E-state index contributed by atoms with van der Waals surface area (Å²) < 4.78 is 2.01. The monoisotopic (exact) mass is 362 g/mol. The summed E-state index contributed by atoms with van der Waals surface area (Å²) >= 11 is 4.85. The van der Waals surface area contributed by atoms with Crippen molar-refractivity contribution < 1.29 is 4.79 Å². The third-order valence-corrected chi connectivity index (χ3v) is 4.15. The van der Waals surface area contributed by atoms with Crippen molar-refractivity contribution in [1.29, 1.82) is 0 Å². The lowest BCUT2D eigenvalue weighted by Gasteiger charge is -2.04. The molecule has 2 heterocycles. The SMILES string of the molecule is O=C(NCc1ccccn1)Nc1nc2ccc(Br)cc2s1. The first kappa shape index (κ1) is 14.0. The number of halogens is 1. The van der Waals surface area contributed by atoms with Crippen LogP contribution < -0.4 is 10.6 Å². The maximum absolute atomic E-state index is 11.8. The Morgan fingerprint density at radius 1 is 1.29 bits per heavy atom. The molecule has 3 aromatic rings. The van der Waals surface area contributed by atoms with Gasteiger partial charge in [0.05, 0.1) is 22.5 Å². The summed E-state index contributed by atoms with van der Waals surface area (Å²) in [5.41, 5.74) is 1.67. The van der Waals surface area contributed by atoms with Gasteiger partial charge in [-0.3, -0.25) is 10.3 Å². The number of aromatic nitrogens is 2. The van der Waals surface area contributed by atoms with Gasteiger partial charge in [0, 0.05) is 10.7 Å². The zero-order valence-corrected chi connectivity index (χ0v) is 13.2. The van der Waals surface area contributed by atoms with Crippen LogP contribution in [0.5, 0.6) is 0 Å². The summed E-state index contributed by atoms with van der Waals surface area (Å²) in [6, 6.07) is 11.1. The van der Waals surface area contributed by atoms with E-state index in [4.69, 9.17) is 0 Å². The molecule has 0 atom stereocenters. The Morgan fingerprint density at radius 3 is 3.00 bits per heavy atom. The maximum atomic E-state index is 11.8. The second-order valence-corrected chi connectivity index (χ2v) is 6.21. The lowest BCUT2D eigenvalue weighted by Crippen LogP contribution is -2.28. The number of hydrogen-bond donors (Lipinski definition) is 2. The van der Waals surface area contributed by atoms with Gasteiger partial charge in [0.1, 0.15) is 0 Å². The minimum atomic E-state index is -0.293. The van der Waals surface area contributed by atoms with Gasteiger partial charge in [-0.15, -0.1) is 0 Å². The number of fused-ring (bicyclic) bond motifs is 1. The summed E-state index contributed by atoms with van der Waals surface area (Å²) in [7, 11) is 0. The van der Waals surface area contributed by atoms with E-state index < -0.39 is 0 Å². The molecule has 2 amide bonds. The fourth-order valence-electron chi connectivity index (χ4n) is 1.77. The Hall–Kier alpha value is -1.99. The molecular formula is C14H11BrN4OS. The average Bonchev–Trinajstić information content (AvgIpc) is 2.87. The van der Waals surface area contributed by atoms with E-state index in [1.165, 1.54) is 11.3 Å². The predicted octanol–water partition coefficient (Wildman–Crippen LogP) is 3.78. The number of hydrogen-bond acceptors (Lipinski definition) is 4. The molecule has 0 bridgehead atoms.